The Morgan fingerprint density at radius 1 is 1.26 bits per heavy atom. The largest absolute Gasteiger partial charge is 0.319 e. The molecule has 2 heteroatoms. The van der Waals surface area contributed by atoms with Gasteiger partial charge in [-0.25, -0.2) is 0 Å². The Balaban J connectivity index is 2.06. The van der Waals surface area contributed by atoms with Crippen molar-refractivity contribution in [2.75, 3.05) is 26.7 Å². The molecule has 1 heterocycles. The second kappa shape index (κ2) is 7.06. The molecule has 0 saturated carbocycles. The van der Waals surface area contributed by atoms with Crippen LogP contribution in [0.3, 0.4) is 0 Å². The molecule has 0 amide bonds. The van der Waals surface area contributed by atoms with Gasteiger partial charge in [-0.15, -0.1) is 0 Å². The van der Waals surface area contributed by atoms with Crippen LogP contribution in [0.15, 0.2) is 30.3 Å². The second-order valence-electron chi connectivity index (χ2n) is 6.26. The molecule has 0 bridgehead atoms. The fraction of sp³-hybridized carbons (Fsp3) is 0.647. The monoisotopic (exact) mass is 260 g/mol. The van der Waals surface area contributed by atoms with Gasteiger partial charge in [-0.2, -0.15) is 0 Å². The third-order valence-corrected chi connectivity index (χ3v) is 4.13. The molecule has 0 spiro atoms. The molecule has 1 saturated heterocycles. The molecule has 1 aliphatic rings. The van der Waals surface area contributed by atoms with Gasteiger partial charge in [0.05, 0.1) is 0 Å². The quantitative estimate of drug-likeness (QED) is 0.844. The molecule has 0 aliphatic carbocycles. The van der Waals surface area contributed by atoms with Crippen LogP contribution in [0.1, 0.15) is 38.3 Å². The first kappa shape index (κ1) is 14.5. The van der Waals surface area contributed by atoms with Gasteiger partial charge in [-0.05, 0) is 50.4 Å². The third kappa shape index (κ3) is 4.05. The fourth-order valence-corrected chi connectivity index (χ4v) is 3.22. The Hall–Kier alpha value is -0.860. The van der Waals surface area contributed by atoms with E-state index in [4.69, 9.17) is 0 Å². The SMILES string of the molecule is CNCC1CCN(C(CC(C)C)c2ccccc2)C1. The molecule has 1 aromatic rings. The summed E-state index contributed by atoms with van der Waals surface area (Å²) in [5, 5.41) is 3.32. The van der Waals surface area contributed by atoms with Gasteiger partial charge in [0.15, 0.2) is 0 Å². The van der Waals surface area contributed by atoms with Crippen LogP contribution >= 0.6 is 0 Å². The Bertz CT molecular complexity index is 361. The van der Waals surface area contributed by atoms with Crippen molar-refractivity contribution in [2.45, 2.75) is 32.7 Å². The molecule has 2 rings (SSSR count). The van der Waals surface area contributed by atoms with Gasteiger partial charge in [0.1, 0.15) is 0 Å². The van der Waals surface area contributed by atoms with Crippen LogP contribution in [0.2, 0.25) is 0 Å². The molecule has 1 fully saturated rings. The second-order valence-corrected chi connectivity index (χ2v) is 6.26. The fourth-order valence-electron chi connectivity index (χ4n) is 3.22. The molecular weight excluding hydrogens is 232 g/mol. The van der Waals surface area contributed by atoms with E-state index >= 15 is 0 Å². The number of rotatable bonds is 6. The van der Waals surface area contributed by atoms with Gasteiger partial charge in [0.2, 0.25) is 0 Å². The first-order chi connectivity index (χ1) is 9.20. The molecule has 2 atom stereocenters. The number of benzene rings is 1. The van der Waals surface area contributed by atoms with Crippen molar-refractivity contribution in [3.05, 3.63) is 35.9 Å². The van der Waals surface area contributed by atoms with Gasteiger partial charge in [-0.1, -0.05) is 44.2 Å². The number of hydrogen-bond donors (Lipinski definition) is 1. The van der Waals surface area contributed by atoms with E-state index in [9.17, 15) is 0 Å². The van der Waals surface area contributed by atoms with Crippen LogP contribution in [0.4, 0.5) is 0 Å². The van der Waals surface area contributed by atoms with E-state index in [-0.39, 0.29) is 0 Å². The van der Waals surface area contributed by atoms with Crippen LogP contribution in [0.5, 0.6) is 0 Å². The number of nitrogens with zero attached hydrogens (tertiary/aromatic N) is 1. The maximum atomic E-state index is 3.32. The summed E-state index contributed by atoms with van der Waals surface area (Å²) >= 11 is 0. The van der Waals surface area contributed by atoms with Crippen LogP contribution < -0.4 is 5.32 Å². The average Bonchev–Trinajstić information content (AvgIpc) is 2.86. The minimum Gasteiger partial charge on any atom is -0.319 e. The van der Waals surface area contributed by atoms with Gasteiger partial charge in [0.25, 0.3) is 0 Å². The third-order valence-electron chi connectivity index (χ3n) is 4.13. The molecule has 2 unspecified atom stereocenters. The summed E-state index contributed by atoms with van der Waals surface area (Å²) < 4.78 is 0. The maximum Gasteiger partial charge on any atom is 0.0350 e. The van der Waals surface area contributed by atoms with Crippen LogP contribution in [-0.2, 0) is 0 Å². The van der Waals surface area contributed by atoms with Crippen LogP contribution in [-0.4, -0.2) is 31.6 Å². The number of likely N-dealkylation sites (tertiary alicyclic amines) is 1. The first-order valence-corrected chi connectivity index (χ1v) is 7.64. The average molecular weight is 260 g/mol. The van der Waals surface area contributed by atoms with Crippen molar-refractivity contribution in [1.29, 1.82) is 0 Å². The molecule has 1 N–H and O–H groups in total. The van der Waals surface area contributed by atoms with E-state index < -0.39 is 0 Å². The van der Waals surface area contributed by atoms with Crippen molar-refractivity contribution in [2.24, 2.45) is 11.8 Å². The van der Waals surface area contributed by atoms with Gasteiger partial charge in [-0.3, -0.25) is 4.90 Å². The summed E-state index contributed by atoms with van der Waals surface area (Å²) in [6.45, 7) is 8.31. The standard InChI is InChI=1S/C17H28N2/c1-14(2)11-17(16-7-5-4-6-8-16)19-10-9-15(13-19)12-18-3/h4-8,14-15,17-18H,9-13H2,1-3H3. The Kier molecular flexibility index (Phi) is 5.41. The normalized spacial score (nSPS) is 22.0. The summed E-state index contributed by atoms with van der Waals surface area (Å²) in [4.78, 5) is 2.69. The van der Waals surface area contributed by atoms with Gasteiger partial charge in [0, 0.05) is 12.6 Å². The minimum atomic E-state index is 0.600. The van der Waals surface area contributed by atoms with E-state index in [0.29, 0.717) is 6.04 Å². The Morgan fingerprint density at radius 3 is 2.63 bits per heavy atom. The summed E-state index contributed by atoms with van der Waals surface area (Å²) in [6, 6.07) is 11.6. The van der Waals surface area contributed by atoms with Crippen molar-refractivity contribution < 1.29 is 0 Å². The topological polar surface area (TPSA) is 15.3 Å². The van der Waals surface area contributed by atoms with Crippen molar-refractivity contribution in [1.82, 2.24) is 10.2 Å². The maximum absolute atomic E-state index is 3.32. The summed E-state index contributed by atoms with van der Waals surface area (Å²) in [6.07, 6.45) is 2.60. The summed E-state index contributed by atoms with van der Waals surface area (Å²) in [5.41, 5.74) is 1.49. The van der Waals surface area contributed by atoms with E-state index in [1.807, 2.05) is 0 Å². The highest BCUT2D eigenvalue weighted by atomic mass is 15.2. The Morgan fingerprint density at radius 2 is 2.00 bits per heavy atom. The van der Waals surface area contributed by atoms with Gasteiger partial charge < -0.3 is 5.32 Å². The molecule has 1 aromatic carbocycles. The van der Waals surface area contributed by atoms with Crippen LogP contribution in [0, 0.1) is 11.8 Å². The van der Waals surface area contributed by atoms with E-state index in [0.717, 1.165) is 18.4 Å². The van der Waals surface area contributed by atoms with E-state index in [1.165, 1.54) is 31.5 Å². The Labute approximate surface area is 118 Å². The van der Waals surface area contributed by atoms with Gasteiger partial charge >= 0.3 is 0 Å². The number of hydrogen-bond acceptors (Lipinski definition) is 2. The van der Waals surface area contributed by atoms with E-state index in [2.05, 4.69) is 61.4 Å². The molecule has 0 radical (unpaired) electrons. The van der Waals surface area contributed by atoms with Crippen LogP contribution in [0.25, 0.3) is 0 Å². The predicted molar refractivity (Wildman–Crippen MR) is 82.2 cm³/mol. The highest BCUT2D eigenvalue weighted by molar-refractivity contribution is 5.19. The lowest BCUT2D eigenvalue weighted by molar-refractivity contribution is 0.207. The molecule has 19 heavy (non-hydrogen) atoms. The molecular formula is C17H28N2. The first-order valence-electron chi connectivity index (χ1n) is 7.64. The summed E-state index contributed by atoms with van der Waals surface area (Å²) in [7, 11) is 2.06. The zero-order valence-electron chi connectivity index (χ0n) is 12.6. The zero-order chi connectivity index (χ0) is 13.7. The molecule has 0 aromatic heterocycles. The minimum absolute atomic E-state index is 0.600. The lowest BCUT2D eigenvalue weighted by Crippen LogP contribution is -2.29. The van der Waals surface area contributed by atoms with Crippen molar-refractivity contribution in [3.8, 4) is 0 Å². The lowest BCUT2D eigenvalue weighted by atomic mass is 9.96. The molecule has 2 nitrogen and oxygen atoms in total. The summed E-state index contributed by atoms with van der Waals surface area (Å²) in [5.74, 6) is 1.57. The lowest BCUT2D eigenvalue weighted by Gasteiger charge is -2.30. The molecule has 1 aliphatic heterocycles. The molecule has 106 valence electrons. The highest BCUT2D eigenvalue weighted by Gasteiger charge is 2.28. The zero-order valence-corrected chi connectivity index (χ0v) is 12.6. The highest BCUT2D eigenvalue weighted by Crippen LogP contribution is 2.32. The van der Waals surface area contributed by atoms with E-state index in [1.54, 1.807) is 0 Å². The van der Waals surface area contributed by atoms with Crippen molar-refractivity contribution in [3.63, 3.8) is 0 Å². The predicted octanol–water partition coefficient (Wildman–Crippen LogP) is 3.32. The number of nitrogens with one attached hydrogen (secondary N) is 1. The van der Waals surface area contributed by atoms with Crippen molar-refractivity contribution >= 4 is 0 Å². The smallest absolute Gasteiger partial charge is 0.0350 e.